The van der Waals surface area contributed by atoms with Crippen LogP contribution in [0.3, 0.4) is 0 Å². The molecule has 12 heavy (non-hydrogen) atoms. The number of nitrogens with zero attached hydrogens (tertiary/aromatic N) is 1. The zero-order valence-corrected chi connectivity index (χ0v) is 10.3. The van der Waals surface area contributed by atoms with Crippen LogP contribution < -0.4 is 3.61 Å². The normalized spacial score (nSPS) is 15.5. The molecule has 0 radical (unpaired) electrons. The third-order valence-corrected chi connectivity index (χ3v) is 4.82. The van der Waals surface area contributed by atoms with Crippen molar-refractivity contribution in [2.24, 2.45) is 0 Å². The number of hydrogen-bond donors (Lipinski definition) is 0. The molecule has 0 fully saturated rings. The van der Waals surface area contributed by atoms with E-state index in [1.807, 2.05) is 0 Å². The molecule has 1 aromatic rings. The minimum Gasteiger partial charge on any atom is -0.147 e. The predicted octanol–water partition coefficient (Wildman–Crippen LogP) is 1.11. The van der Waals surface area contributed by atoms with Gasteiger partial charge in [0.2, 0.25) is 0 Å². The van der Waals surface area contributed by atoms with Gasteiger partial charge in [-0.05, 0) is 0 Å². The molecule has 0 saturated carbocycles. The van der Waals surface area contributed by atoms with Gasteiger partial charge in [-0.3, -0.25) is 0 Å². The fraction of sp³-hybridized carbons (Fsp3) is 0.333. The summed E-state index contributed by atoms with van der Waals surface area (Å²) in [7, 11) is 2.22. The van der Waals surface area contributed by atoms with Crippen molar-refractivity contribution in [3.63, 3.8) is 0 Å². The van der Waals surface area contributed by atoms with Crippen LogP contribution in [0, 0.1) is 6.92 Å². The SMILES string of the molecule is Cc1ccc2c(c1)CN(C)[Te]2.Cl. The molecule has 1 aliphatic rings. The molecule has 0 bridgehead atoms. The molecule has 1 heterocycles. The summed E-state index contributed by atoms with van der Waals surface area (Å²) < 4.78 is 4.10. The maximum Gasteiger partial charge on any atom is -0.147 e. The first-order valence-electron chi connectivity index (χ1n) is 3.74. The average molecular weight is 297 g/mol. The Kier molecular flexibility index (Phi) is 3.43. The van der Waals surface area contributed by atoms with Gasteiger partial charge in [0, 0.05) is 0 Å². The number of hydrogen-bond acceptors (Lipinski definition) is 1. The summed E-state index contributed by atoms with van der Waals surface area (Å²) in [5.74, 6) is 0. The molecule has 0 unspecified atom stereocenters. The Hall–Kier alpha value is 0.260. The van der Waals surface area contributed by atoms with Gasteiger partial charge in [-0.2, -0.15) is 0 Å². The van der Waals surface area contributed by atoms with Crippen LogP contribution in [0.4, 0.5) is 0 Å². The van der Waals surface area contributed by atoms with Crippen molar-refractivity contribution in [3.05, 3.63) is 29.3 Å². The van der Waals surface area contributed by atoms with Gasteiger partial charge in [-0.1, -0.05) is 0 Å². The number of fused-ring (bicyclic) bond motifs is 1. The van der Waals surface area contributed by atoms with Crippen molar-refractivity contribution in [1.82, 2.24) is 3.15 Å². The predicted molar refractivity (Wildman–Crippen MR) is 55.3 cm³/mol. The Bertz CT molecular complexity index is 288. The zero-order valence-electron chi connectivity index (χ0n) is 7.20. The van der Waals surface area contributed by atoms with E-state index < -0.39 is 0 Å². The van der Waals surface area contributed by atoms with Gasteiger partial charge in [0.25, 0.3) is 0 Å². The molecule has 1 aliphatic heterocycles. The van der Waals surface area contributed by atoms with E-state index in [1.165, 1.54) is 12.1 Å². The second-order valence-electron chi connectivity index (χ2n) is 2.99. The van der Waals surface area contributed by atoms with Gasteiger partial charge in [-0.15, -0.1) is 12.4 Å². The standard InChI is InChI=1S/C9H11NTe.ClH/c1-7-3-4-9-8(5-7)6-10(2)11-9;/h3-5H,6H2,1-2H3;1H. The summed E-state index contributed by atoms with van der Waals surface area (Å²) in [5.41, 5.74) is 2.96. The van der Waals surface area contributed by atoms with E-state index in [1.54, 1.807) is 9.17 Å². The van der Waals surface area contributed by atoms with E-state index in [0.29, 0.717) is 0 Å². The van der Waals surface area contributed by atoms with E-state index in [9.17, 15) is 0 Å². The van der Waals surface area contributed by atoms with Crippen LogP contribution in [0.25, 0.3) is 0 Å². The number of halogens is 1. The van der Waals surface area contributed by atoms with E-state index in [0.717, 1.165) is 0 Å². The largest absolute Gasteiger partial charge is 0.147 e. The second-order valence-corrected chi connectivity index (χ2v) is 6.54. The molecular formula is C9H12ClNTe. The Balaban J connectivity index is 0.000000720. The molecule has 66 valence electrons. The van der Waals surface area contributed by atoms with Crippen molar-refractivity contribution in [2.75, 3.05) is 7.05 Å². The first-order chi connectivity index (χ1) is 5.25. The molecular weight excluding hydrogens is 285 g/mol. The topological polar surface area (TPSA) is 3.24 Å². The summed E-state index contributed by atoms with van der Waals surface area (Å²) in [6, 6.07) is 6.85. The van der Waals surface area contributed by atoms with Gasteiger partial charge >= 0.3 is 77.8 Å². The Morgan fingerprint density at radius 3 is 2.92 bits per heavy atom. The quantitative estimate of drug-likeness (QED) is 0.648. The smallest absolute Gasteiger partial charge is 0.147 e. The van der Waals surface area contributed by atoms with Gasteiger partial charge in [0.1, 0.15) is 0 Å². The fourth-order valence-corrected chi connectivity index (χ4v) is 3.96. The fourth-order valence-electron chi connectivity index (χ4n) is 1.36. The van der Waals surface area contributed by atoms with Crippen molar-refractivity contribution >= 4 is 37.2 Å². The van der Waals surface area contributed by atoms with Gasteiger partial charge in [0.05, 0.1) is 0 Å². The van der Waals surface area contributed by atoms with Gasteiger partial charge in [0.15, 0.2) is 0 Å². The summed E-state index contributed by atoms with van der Waals surface area (Å²) in [4.78, 5) is 0. The van der Waals surface area contributed by atoms with Crippen LogP contribution in [0.1, 0.15) is 11.1 Å². The molecule has 0 atom stereocenters. The first-order valence-corrected chi connectivity index (χ1v) is 5.95. The van der Waals surface area contributed by atoms with Crippen molar-refractivity contribution in [3.8, 4) is 0 Å². The molecule has 0 aliphatic carbocycles. The van der Waals surface area contributed by atoms with Crippen molar-refractivity contribution in [2.45, 2.75) is 13.5 Å². The Morgan fingerprint density at radius 1 is 1.42 bits per heavy atom. The van der Waals surface area contributed by atoms with Crippen LogP contribution in [0.15, 0.2) is 18.2 Å². The monoisotopic (exact) mass is 299 g/mol. The molecule has 1 nitrogen and oxygen atoms in total. The van der Waals surface area contributed by atoms with Crippen LogP contribution in [0.2, 0.25) is 0 Å². The molecule has 0 saturated heterocycles. The van der Waals surface area contributed by atoms with E-state index in [-0.39, 0.29) is 33.6 Å². The van der Waals surface area contributed by atoms with Crippen molar-refractivity contribution in [1.29, 1.82) is 0 Å². The molecule has 3 heteroatoms. The third kappa shape index (κ3) is 1.95. The van der Waals surface area contributed by atoms with E-state index >= 15 is 0 Å². The van der Waals surface area contributed by atoms with Gasteiger partial charge in [-0.25, -0.2) is 0 Å². The molecule has 0 aromatic heterocycles. The van der Waals surface area contributed by atoms with Crippen LogP contribution >= 0.6 is 12.4 Å². The van der Waals surface area contributed by atoms with E-state index in [2.05, 4.69) is 35.3 Å². The van der Waals surface area contributed by atoms with Crippen LogP contribution in [-0.2, 0) is 6.54 Å². The summed E-state index contributed by atoms with van der Waals surface area (Å²) in [6.45, 7) is 3.35. The first kappa shape index (κ1) is 10.3. The minimum atomic E-state index is 0. The number of benzene rings is 1. The maximum absolute atomic E-state index is 2.47. The maximum atomic E-state index is 2.47. The number of aryl methyl sites for hydroxylation is 1. The second kappa shape index (κ2) is 3.98. The molecule has 0 N–H and O–H groups in total. The van der Waals surface area contributed by atoms with E-state index in [4.69, 9.17) is 0 Å². The summed E-state index contributed by atoms with van der Waals surface area (Å²) in [6.07, 6.45) is 0. The Labute approximate surface area is 90.0 Å². The summed E-state index contributed by atoms with van der Waals surface area (Å²) >= 11 is 0.00929. The molecule has 0 spiro atoms. The zero-order chi connectivity index (χ0) is 7.84. The van der Waals surface area contributed by atoms with Crippen LogP contribution in [0.5, 0.6) is 0 Å². The Morgan fingerprint density at radius 2 is 2.17 bits per heavy atom. The van der Waals surface area contributed by atoms with Gasteiger partial charge < -0.3 is 0 Å². The molecule has 1 aromatic carbocycles. The third-order valence-electron chi connectivity index (χ3n) is 1.86. The molecule has 2 rings (SSSR count). The molecule has 0 amide bonds. The minimum absolute atomic E-state index is 0. The summed E-state index contributed by atoms with van der Waals surface area (Å²) in [5, 5.41) is 0. The number of rotatable bonds is 0. The van der Waals surface area contributed by atoms with Crippen molar-refractivity contribution < 1.29 is 0 Å². The van der Waals surface area contributed by atoms with Crippen LogP contribution in [-0.4, -0.2) is 31.4 Å². The average Bonchev–Trinajstić information content (AvgIpc) is 2.27.